The second kappa shape index (κ2) is 8.38. The maximum atomic E-state index is 14.4. The second-order valence-electron chi connectivity index (χ2n) is 8.12. The zero-order valence-corrected chi connectivity index (χ0v) is 16.4. The van der Waals surface area contributed by atoms with Crippen molar-refractivity contribution in [1.29, 1.82) is 0 Å². The van der Waals surface area contributed by atoms with E-state index in [9.17, 15) is 22.4 Å². The smallest absolute Gasteiger partial charge is 0.406 e. The van der Waals surface area contributed by atoms with Crippen LogP contribution in [-0.4, -0.2) is 29.1 Å². The molecule has 2 heterocycles. The number of fused-ring (bicyclic) bond motifs is 2. The number of ether oxygens (including phenoxy) is 1. The Hall–Kier alpha value is -2.41. The fourth-order valence-electron chi connectivity index (χ4n) is 4.86. The molecule has 2 unspecified atom stereocenters. The van der Waals surface area contributed by atoms with Crippen molar-refractivity contribution in [2.45, 2.75) is 57.1 Å². The van der Waals surface area contributed by atoms with Crippen LogP contribution in [0.3, 0.4) is 0 Å². The van der Waals surface area contributed by atoms with Crippen molar-refractivity contribution in [3.05, 3.63) is 65.5 Å². The summed E-state index contributed by atoms with van der Waals surface area (Å²) in [5.41, 5.74) is 1.06. The Morgan fingerprint density at radius 2 is 1.70 bits per heavy atom. The molecule has 0 aromatic heterocycles. The molecule has 0 amide bonds. The van der Waals surface area contributed by atoms with Gasteiger partial charge in [-0.3, -0.25) is 9.69 Å². The molecule has 0 aliphatic carbocycles. The van der Waals surface area contributed by atoms with Gasteiger partial charge in [-0.2, -0.15) is 0 Å². The highest BCUT2D eigenvalue weighted by Gasteiger charge is 2.41. The number of carbonyl (C=O) groups excluding carboxylic acids is 1. The molecule has 2 bridgehead atoms. The molecular weight excluding hydrogens is 398 g/mol. The van der Waals surface area contributed by atoms with Gasteiger partial charge in [-0.15, -0.1) is 13.2 Å². The first-order valence-electron chi connectivity index (χ1n) is 10.2. The minimum atomic E-state index is -4.90. The molecule has 0 spiro atoms. The van der Waals surface area contributed by atoms with Gasteiger partial charge < -0.3 is 4.74 Å². The topological polar surface area (TPSA) is 29.5 Å². The molecular formula is C23H23F4NO2. The van der Waals surface area contributed by atoms with E-state index in [1.165, 1.54) is 5.56 Å². The van der Waals surface area contributed by atoms with E-state index in [1.807, 2.05) is 18.2 Å². The minimum absolute atomic E-state index is 0.163. The minimum Gasteiger partial charge on any atom is -0.406 e. The van der Waals surface area contributed by atoms with Crippen molar-refractivity contribution >= 4 is 5.78 Å². The first-order valence-corrected chi connectivity index (χ1v) is 10.2. The van der Waals surface area contributed by atoms with Crippen LogP contribution in [0.2, 0.25) is 0 Å². The molecule has 2 atom stereocenters. The molecule has 2 fully saturated rings. The molecule has 160 valence electrons. The van der Waals surface area contributed by atoms with Crippen molar-refractivity contribution in [2.75, 3.05) is 0 Å². The molecule has 2 aliphatic heterocycles. The standard InChI is InChI=1S/C23H23F4NO2/c24-21-13-19(30-23(25,26)27)9-10-20(21)22(29)16-11-17-7-4-8-18(12-16)28(17)14-15-5-2-1-3-6-15/h1-3,5-6,9-10,13,16-18H,4,7-8,11-12,14H2. The quantitative estimate of drug-likeness (QED) is 0.455. The average Bonchev–Trinajstić information content (AvgIpc) is 2.67. The summed E-state index contributed by atoms with van der Waals surface area (Å²) >= 11 is 0. The number of ketones is 1. The van der Waals surface area contributed by atoms with E-state index >= 15 is 0 Å². The van der Waals surface area contributed by atoms with Gasteiger partial charge >= 0.3 is 6.36 Å². The molecule has 2 aromatic rings. The molecule has 2 aliphatic rings. The van der Waals surface area contributed by atoms with Crippen LogP contribution in [0.4, 0.5) is 17.6 Å². The van der Waals surface area contributed by atoms with Crippen LogP contribution in [0.15, 0.2) is 48.5 Å². The zero-order valence-electron chi connectivity index (χ0n) is 16.4. The van der Waals surface area contributed by atoms with Crippen molar-refractivity contribution in [2.24, 2.45) is 5.92 Å². The van der Waals surface area contributed by atoms with Crippen LogP contribution in [0.5, 0.6) is 5.75 Å². The molecule has 4 rings (SSSR count). The number of benzene rings is 2. The number of hydrogen-bond acceptors (Lipinski definition) is 3. The third kappa shape index (κ3) is 4.67. The van der Waals surface area contributed by atoms with Crippen molar-refractivity contribution in [1.82, 2.24) is 4.90 Å². The number of alkyl halides is 3. The lowest BCUT2D eigenvalue weighted by atomic mass is 9.75. The third-order valence-corrected chi connectivity index (χ3v) is 6.14. The Kier molecular flexibility index (Phi) is 5.82. The average molecular weight is 421 g/mol. The van der Waals surface area contributed by atoms with E-state index in [0.29, 0.717) is 18.9 Å². The van der Waals surface area contributed by atoms with Gasteiger partial charge in [0.05, 0.1) is 5.56 Å². The first kappa shape index (κ1) is 20.8. The number of carbonyl (C=O) groups is 1. The van der Waals surface area contributed by atoms with Gasteiger partial charge in [0, 0.05) is 30.6 Å². The highest BCUT2D eigenvalue weighted by atomic mass is 19.4. The van der Waals surface area contributed by atoms with Crippen LogP contribution in [-0.2, 0) is 6.54 Å². The summed E-state index contributed by atoms with van der Waals surface area (Å²) in [4.78, 5) is 15.4. The van der Waals surface area contributed by atoms with Crippen molar-refractivity contribution in [3.8, 4) is 5.75 Å². The highest BCUT2D eigenvalue weighted by molar-refractivity contribution is 5.98. The monoisotopic (exact) mass is 421 g/mol. The molecule has 0 saturated carbocycles. The third-order valence-electron chi connectivity index (χ3n) is 6.14. The highest BCUT2D eigenvalue weighted by Crippen LogP contribution is 2.39. The largest absolute Gasteiger partial charge is 0.573 e. The SMILES string of the molecule is O=C(c1ccc(OC(F)(F)F)cc1F)C1CC2CCCC(C1)N2Cc1ccccc1. The normalized spacial score (nSPS) is 24.5. The van der Waals surface area contributed by atoms with Gasteiger partial charge in [0.25, 0.3) is 0 Å². The van der Waals surface area contributed by atoms with E-state index in [2.05, 4.69) is 21.8 Å². The maximum absolute atomic E-state index is 14.4. The van der Waals surface area contributed by atoms with Gasteiger partial charge in [0.1, 0.15) is 11.6 Å². The molecule has 2 aromatic carbocycles. The molecule has 7 heteroatoms. The molecule has 0 N–H and O–H groups in total. The Morgan fingerprint density at radius 1 is 1.03 bits per heavy atom. The van der Waals surface area contributed by atoms with Gasteiger partial charge in [0.15, 0.2) is 5.78 Å². The molecule has 3 nitrogen and oxygen atoms in total. The van der Waals surface area contributed by atoms with E-state index < -0.39 is 17.9 Å². The van der Waals surface area contributed by atoms with Crippen LogP contribution < -0.4 is 4.74 Å². The number of halogens is 4. The summed E-state index contributed by atoms with van der Waals surface area (Å²) in [5.74, 6) is -2.29. The van der Waals surface area contributed by atoms with E-state index in [0.717, 1.165) is 37.9 Å². The van der Waals surface area contributed by atoms with Crippen LogP contribution >= 0.6 is 0 Å². The predicted octanol–water partition coefficient (Wildman–Crippen LogP) is 5.74. The summed E-state index contributed by atoms with van der Waals surface area (Å²) in [6, 6.07) is 13.4. The number of nitrogens with zero attached hydrogens (tertiary/aromatic N) is 1. The van der Waals surface area contributed by atoms with Gasteiger partial charge in [0.2, 0.25) is 0 Å². The number of Topliss-reactive ketones (excluding diaryl/α,β-unsaturated/α-hetero) is 1. The fraction of sp³-hybridized carbons (Fsp3) is 0.435. The van der Waals surface area contributed by atoms with Crippen LogP contribution in [0.1, 0.15) is 48.0 Å². The molecule has 30 heavy (non-hydrogen) atoms. The zero-order chi connectivity index (χ0) is 21.3. The second-order valence-corrected chi connectivity index (χ2v) is 8.12. The van der Waals surface area contributed by atoms with Gasteiger partial charge in [-0.25, -0.2) is 4.39 Å². The summed E-state index contributed by atoms with van der Waals surface area (Å²) in [6.45, 7) is 0.828. The lowest BCUT2D eigenvalue weighted by Gasteiger charge is -2.48. The summed E-state index contributed by atoms with van der Waals surface area (Å²) in [7, 11) is 0. The van der Waals surface area contributed by atoms with E-state index in [4.69, 9.17) is 0 Å². The van der Waals surface area contributed by atoms with Gasteiger partial charge in [-0.05, 0) is 43.4 Å². The number of piperidine rings is 2. The van der Waals surface area contributed by atoms with Crippen LogP contribution in [0.25, 0.3) is 0 Å². The number of hydrogen-bond donors (Lipinski definition) is 0. The Balaban J connectivity index is 1.47. The molecule has 0 radical (unpaired) electrons. The fourth-order valence-corrected chi connectivity index (χ4v) is 4.86. The van der Waals surface area contributed by atoms with Crippen molar-refractivity contribution < 1.29 is 27.1 Å². The van der Waals surface area contributed by atoms with Crippen molar-refractivity contribution in [3.63, 3.8) is 0 Å². The van der Waals surface area contributed by atoms with E-state index in [1.54, 1.807) is 0 Å². The number of rotatable bonds is 5. The lowest BCUT2D eigenvalue weighted by Crippen LogP contribution is -2.52. The Bertz CT molecular complexity index is 886. The lowest BCUT2D eigenvalue weighted by molar-refractivity contribution is -0.274. The maximum Gasteiger partial charge on any atom is 0.573 e. The first-order chi connectivity index (χ1) is 14.3. The predicted molar refractivity (Wildman–Crippen MR) is 104 cm³/mol. The van der Waals surface area contributed by atoms with Gasteiger partial charge in [-0.1, -0.05) is 36.8 Å². The summed E-state index contributed by atoms with van der Waals surface area (Å²) in [5, 5.41) is 0. The summed E-state index contributed by atoms with van der Waals surface area (Å²) in [6.07, 6.45) is -0.521. The Morgan fingerprint density at radius 3 is 2.30 bits per heavy atom. The van der Waals surface area contributed by atoms with Crippen LogP contribution in [0, 0.1) is 11.7 Å². The Labute approximate surface area is 172 Å². The summed E-state index contributed by atoms with van der Waals surface area (Å²) < 4.78 is 55.1. The van der Waals surface area contributed by atoms with E-state index in [-0.39, 0.29) is 29.3 Å². The molecule has 2 saturated heterocycles.